The van der Waals surface area contributed by atoms with E-state index in [-0.39, 0.29) is 11.3 Å². The highest BCUT2D eigenvalue weighted by Gasteiger charge is 2.13. The third-order valence-electron chi connectivity index (χ3n) is 4.03. The van der Waals surface area contributed by atoms with Crippen LogP contribution in [-0.4, -0.2) is 52.9 Å². The number of hydrogen-bond donors (Lipinski definition) is 4. The van der Waals surface area contributed by atoms with E-state index >= 15 is 0 Å². The first-order valence-corrected chi connectivity index (χ1v) is 8.95. The van der Waals surface area contributed by atoms with Gasteiger partial charge in [0, 0.05) is 31.1 Å². The summed E-state index contributed by atoms with van der Waals surface area (Å²) >= 11 is 0. The lowest BCUT2D eigenvalue weighted by atomic mass is 10.0. The number of primary amides is 1. The summed E-state index contributed by atoms with van der Waals surface area (Å²) in [6, 6.07) is 4.64. The van der Waals surface area contributed by atoms with Crippen LogP contribution < -0.4 is 15.8 Å². The quantitative estimate of drug-likeness (QED) is 0.392. The number of aromatic nitrogens is 2. The number of methoxy groups -OCH3 is 1. The predicted molar refractivity (Wildman–Crippen MR) is 102 cm³/mol. The van der Waals surface area contributed by atoms with Crippen molar-refractivity contribution in [2.45, 2.75) is 25.6 Å². The van der Waals surface area contributed by atoms with E-state index in [0.717, 1.165) is 18.4 Å². The molecule has 0 saturated carbocycles. The first-order chi connectivity index (χ1) is 13.5. The number of nitrogens with two attached hydrogens (primary N) is 1. The second-order valence-electron chi connectivity index (χ2n) is 6.20. The fourth-order valence-electron chi connectivity index (χ4n) is 2.48. The third kappa shape index (κ3) is 6.76. The van der Waals surface area contributed by atoms with Gasteiger partial charge in [0.05, 0.1) is 25.4 Å². The van der Waals surface area contributed by atoms with Gasteiger partial charge < -0.3 is 30.7 Å². The highest BCUT2D eigenvalue weighted by molar-refractivity contribution is 5.95. The molecule has 28 heavy (non-hydrogen) atoms. The van der Waals surface area contributed by atoms with Crippen molar-refractivity contribution in [1.29, 1.82) is 0 Å². The molecule has 0 bridgehead atoms. The van der Waals surface area contributed by atoms with Gasteiger partial charge in [0.25, 0.3) is 5.91 Å². The maximum atomic E-state index is 11.2. The Bertz CT molecular complexity index is 754. The minimum Gasteiger partial charge on any atom is -0.507 e. The topological polar surface area (TPSA) is 140 Å². The largest absolute Gasteiger partial charge is 0.507 e. The number of ether oxygens (including phenoxy) is 2. The summed E-state index contributed by atoms with van der Waals surface area (Å²) in [5, 5.41) is 22.9. The van der Waals surface area contributed by atoms with Gasteiger partial charge in [0.15, 0.2) is 0 Å². The Morgan fingerprint density at radius 3 is 2.71 bits per heavy atom. The standard InChI is InChI=1S/C19H26N4O5/c1-27-19-22-9-13(10-23-19)12-28-7-3-2-6-21-11-17(25)14-4-5-16(24)15(8-14)18(20)26/h4-5,8-10,17,21,24-25H,2-3,6-7,11-12H2,1H3,(H2,20,26). The molecule has 0 radical (unpaired) electrons. The lowest BCUT2D eigenvalue weighted by Gasteiger charge is -2.13. The van der Waals surface area contributed by atoms with Crippen molar-refractivity contribution in [2.75, 3.05) is 26.8 Å². The van der Waals surface area contributed by atoms with Crippen LogP contribution in [0.1, 0.15) is 40.4 Å². The Balaban J connectivity index is 1.58. The Morgan fingerprint density at radius 2 is 2.04 bits per heavy atom. The monoisotopic (exact) mass is 390 g/mol. The van der Waals surface area contributed by atoms with E-state index < -0.39 is 12.0 Å². The van der Waals surface area contributed by atoms with Gasteiger partial charge >= 0.3 is 6.01 Å². The van der Waals surface area contributed by atoms with Crippen molar-refractivity contribution >= 4 is 5.91 Å². The molecule has 0 aliphatic heterocycles. The van der Waals surface area contributed by atoms with Gasteiger partial charge in [-0.25, -0.2) is 9.97 Å². The SMILES string of the molecule is COc1ncc(COCCCCNCC(O)c2ccc(O)c(C(N)=O)c2)cn1. The Hall–Kier alpha value is -2.75. The van der Waals surface area contributed by atoms with Crippen LogP contribution in [0.5, 0.6) is 11.8 Å². The number of carbonyl (C=O) groups excluding carboxylic acids is 1. The van der Waals surface area contributed by atoms with Crippen molar-refractivity contribution in [3.63, 3.8) is 0 Å². The molecule has 1 heterocycles. The van der Waals surface area contributed by atoms with Gasteiger partial charge in [-0.1, -0.05) is 6.07 Å². The zero-order valence-corrected chi connectivity index (χ0v) is 15.8. The summed E-state index contributed by atoms with van der Waals surface area (Å²) in [7, 11) is 1.52. The maximum Gasteiger partial charge on any atom is 0.316 e. The zero-order chi connectivity index (χ0) is 20.4. The molecule has 0 aliphatic carbocycles. The molecule has 152 valence electrons. The molecule has 1 amide bonds. The predicted octanol–water partition coefficient (Wildman–Crippen LogP) is 0.910. The number of nitrogens with zero attached hydrogens (tertiary/aromatic N) is 2. The van der Waals surface area contributed by atoms with E-state index in [1.807, 2.05) is 0 Å². The van der Waals surface area contributed by atoms with E-state index in [1.165, 1.54) is 19.2 Å². The van der Waals surface area contributed by atoms with Gasteiger partial charge in [-0.2, -0.15) is 0 Å². The van der Waals surface area contributed by atoms with E-state index in [9.17, 15) is 15.0 Å². The van der Waals surface area contributed by atoms with E-state index in [2.05, 4.69) is 15.3 Å². The number of aliphatic hydroxyl groups excluding tert-OH is 1. The molecule has 2 rings (SSSR count). The minimum atomic E-state index is -0.801. The minimum absolute atomic E-state index is 0.00374. The van der Waals surface area contributed by atoms with Gasteiger partial charge in [-0.15, -0.1) is 0 Å². The van der Waals surface area contributed by atoms with Crippen LogP contribution in [0.4, 0.5) is 0 Å². The summed E-state index contributed by atoms with van der Waals surface area (Å²) in [6.45, 7) is 2.09. The number of hydrogen-bond acceptors (Lipinski definition) is 8. The number of rotatable bonds is 12. The summed E-state index contributed by atoms with van der Waals surface area (Å²) in [6.07, 6.45) is 4.28. The van der Waals surface area contributed by atoms with Crippen LogP contribution >= 0.6 is 0 Å². The zero-order valence-electron chi connectivity index (χ0n) is 15.8. The van der Waals surface area contributed by atoms with Gasteiger partial charge in [0.2, 0.25) is 0 Å². The number of unbranched alkanes of at least 4 members (excludes halogenated alkanes) is 1. The summed E-state index contributed by atoms with van der Waals surface area (Å²) in [4.78, 5) is 19.3. The van der Waals surface area contributed by atoms with E-state index in [1.54, 1.807) is 18.5 Å². The van der Waals surface area contributed by atoms with Crippen LogP contribution in [0.25, 0.3) is 0 Å². The summed E-state index contributed by atoms with van der Waals surface area (Å²) in [5.74, 6) is -0.932. The van der Waals surface area contributed by atoms with E-state index in [0.29, 0.717) is 37.9 Å². The molecule has 1 aromatic heterocycles. The maximum absolute atomic E-state index is 11.2. The number of nitrogens with one attached hydrogen (secondary N) is 1. The molecule has 0 fully saturated rings. The first kappa shape index (κ1) is 21.5. The molecule has 9 nitrogen and oxygen atoms in total. The first-order valence-electron chi connectivity index (χ1n) is 8.95. The molecule has 1 unspecified atom stereocenters. The van der Waals surface area contributed by atoms with Gasteiger partial charge in [-0.3, -0.25) is 4.79 Å². The second-order valence-corrected chi connectivity index (χ2v) is 6.20. The number of aliphatic hydroxyl groups is 1. The van der Waals surface area contributed by atoms with Gasteiger partial charge in [0.1, 0.15) is 5.75 Å². The average Bonchev–Trinajstić information content (AvgIpc) is 2.70. The molecule has 0 saturated heterocycles. The van der Waals surface area contributed by atoms with Crippen molar-refractivity contribution in [2.24, 2.45) is 5.73 Å². The summed E-state index contributed by atoms with van der Waals surface area (Å²) in [5.41, 5.74) is 6.59. The molecular formula is C19H26N4O5. The Kier molecular flexibility index (Phi) is 8.60. The molecule has 1 aromatic carbocycles. The van der Waals surface area contributed by atoms with Crippen LogP contribution in [0.2, 0.25) is 0 Å². The molecule has 1 atom stereocenters. The second kappa shape index (κ2) is 11.2. The Labute approximate surface area is 163 Å². The van der Waals surface area contributed by atoms with Crippen LogP contribution in [-0.2, 0) is 11.3 Å². The number of phenols is 1. The molecule has 0 spiro atoms. The van der Waals surface area contributed by atoms with Crippen LogP contribution in [0, 0.1) is 0 Å². The van der Waals surface area contributed by atoms with Crippen molar-refractivity contribution in [3.05, 3.63) is 47.3 Å². The van der Waals surface area contributed by atoms with Crippen LogP contribution in [0.3, 0.4) is 0 Å². The van der Waals surface area contributed by atoms with Crippen molar-refractivity contribution in [1.82, 2.24) is 15.3 Å². The molecule has 9 heteroatoms. The molecule has 2 aromatic rings. The summed E-state index contributed by atoms with van der Waals surface area (Å²) < 4.78 is 10.5. The molecule has 5 N–H and O–H groups in total. The number of benzene rings is 1. The highest BCUT2D eigenvalue weighted by atomic mass is 16.5. The van der Waals surface area contributed by atoms with Gasteiger partial charge in [-0.05, 0) is 37.1 Å². The molecular weight excluding hydrogens is 364 g/mol. The number of amides is 1. The highest BCUT2D eigenvalue weighted by Crippen LogP contribution is 2.21. The van der Waals surface area contributed by atoms with Crippen LogP contribution in [0.15, 0.2) is 30.6 Å². The lowest BCUT2D eigenvalue weighted by Crippen LogP contribution is -2.23. The van der Waals surface area contributed by atoms with Crippen molar-refractivity contribution < 1.29 is 24.5 Å². The number of aromatic hydroxyl groups is 1. The normalized spacial score (nSPS) is 11.9. The van der Waals surface area contributed by atoms with E-state index in [4.69, 9.17) is 15.2 Å². The van der Waals surface area contributed by atoms with Crippen molar-refractivity contribution in [3.8, 4) is 11.8 Å². The molecule has 0 aliphatic rings. The average molecular weight is 390 g/mol. The number of carbonyl (C=O) groups is 1. The third-order valence-corrected chi connectivity index (χ3v) is 4.03. The fourth-order valence-corrected chi connectivity index (χ4v) is 2.48. The lowest BCUT2D eigenvalue weighted by molar-refractivity contribution is 0.0997. The Morgan fingerprint density at radius 1 is 1.29 bits per heavy atom. The smallest absolute Gasteiger partial charge is 0.316 e. The fraction of sp³-hybridized carbons (Fsp3) is 0.421.